The third-order valence-electron chi connectivity index (χ3n) is 5.17. The number of hydrogen-bond donors (Lipinski definition) is 0. The Morgan fingerprint density at radius 1 is 0.842 bits per heavy atom. The largest absolute Gasteiger partial charge is 0.0642 e. The Labute approximate surface area is 116 Å². The van der Waals surface area contributed by atoms with E-state index in [0.29, 0.717) is 0 Å². The fraction of sp³-hybridized carbons (Fsp3) is 0.368. The maximum absolute atomic E-state index is 2.37. The number of benzene rings is 2. The standard InChI is InChI=1S/C19H22/c1-5-19(6-2)16-10-8-7-9-15(16)18-14(4)13(3)11-12-17(18)19/h7-12H,5-6H2,1-4H3. The molecule has 0 unspecified atom stereocenters. The lowest BCUT2D eigenvalue weighted by atomic mass is 9.73. The van der Waals surface area contributed by atoms with Crippen LogP contribution in [0.2, 0.25) is 0 Å². The second-order valence-electron chi connectivity index (χ2n) is 5.76. The van der Waals surface area contributed by atoms with Crippen molar-refractivity contribution in [2.24, 2.45) is 0 Å². The third kappa shape index (κ3) is 1.46. The van der Waals surface area contributed by atoms with Crippen LogP contribution in [0, 0.1) is 13.8 Å². The molecule has 0 saturated carbocycles. The van der Waals surface area contributed by atoms with Crippen LogP contribution < -0.4 is 0 Å². The molecule has 0 amide bonds. The second-order valence-corrected chi connectivity index (χ2v) is 5.76. The van der Waals surface area contributed by atoms with Crippen LogP contribution in [0.15, 0.2) is 36.4 Å². The first kappa shape index (κ1) is 12.5. The molecule has 2 aromatic rings. The van der Waals surface area contributed by atoms with Gasteiger partial charge in [-0.1, -0.05) is 50.2 Å². The lowest BCUT2D eigenvalue weighted by molar-refractivity contribution is 0.490. The summed E-state index contributed by atoms with van der Waals surface area (Å²) in [6, 6.07) is 13.6. The molecule has 0 spiro atoms. The fourth-order valence-corrected chi connectivity index (χ4v) is 3.84. The van der Waals surface area contributed by atoms with Crippen molar-refractivity contribution in [3.8, 4) is 11.1 Å². The number of aryl methyl sites for hydroxylation is 1. The molecule has 1 aliphatic carbocycles. The van der Waals surface area contributed by atoms with Crippen LogP contribution in [-0.4, -0.2) is 0 Å². The molecule has 3 rings (SSSR count). The van der Waals surface area contributed by atoms with E-state index in [2.05, 4.69) is 64.1 Å². The highest BCUT2D eigenvalue weighted by atomic mass is 14.4. The van der Waals surface area contributed by atoms with Crippen molar-refractivity contribution < 1.29 is 0 Å². The predicted octanol–water partition coefficient (Wildman–Crippen LogP) is 5.39. The first-order valence-corrected chi connectivity index (χ1v) is 7.36. The molecular weight excluding hydrogens is 228 g/mol. The fourth-order valence-electron chi connectivity index (χ4n) is 3.84. The predicted molar refractivity (Wildman–Crippen MR) is 82.7 cm³/mol. The highest BCUT2D eigenvalue weighted by molar-refractivity contribution is 5.84. The quantitative estimate of drug-likeness (QED) is 0.670. The molecule has 2 aromatic carbocycles. The van der Waals surface area contributed by atoms with Crippen LogP contribution in [-0.2, 0) is 5.41 Å². The van der Waals surface area contributed by atoms with Crippen LogP contribution in [0.5, 0.6) is 0 Å². The summed E-state index contributed by atoms with van der Waals surface area (Å²) >= 11 is 0. The Morgan fingerprint density at radius 3 is 2.21 bits per heavy atom. The van der Waals surface area contributed by atoms with Crippen LogP contribution in [0.1, 0.15) is 48.9 Å². The summed E-state index contributed by atoms with van der Waals surface area (Å²) in [4.78, 5) is 0. The van der Waals surface area contributed by atoms with E-state index in [4.69, 9.17) is 0 Å². The van der Waals surface area contributed by atoms with Crippen molar-refractivity contribution in [3.63, 3.8) is 0 Å². The molecule has 0 saturated heterocycles. The Bertz CT molecular complexity index is 630. The van der Waals surface area contributed by atoms with Gasteiger partial charge in [-0.25, -0.2) is 0 Å². The van der Waals surface area contributed by atoms with E-state index in [1.165, 1.54) is 40.7 Å². The second kappa shape index (κ2) is 4.23. The van der Waals surface area contributed by atoms with E-state index < -0.39 is 0 Å². The molecule has 0 radical (unpaired) electrons. The van der Waals surface area contributed by atoms with E-state index >= 15 is 0 Å². The maximum atomic E-state index is 2.37. The van der Waals surface area contributed by atoms with Gasteiger partial charge in [0.05, 0.1) is 0 Å². The Kier molecular flexibility index (Phi) is 2.78. The van der Waals surface area contributed by atoms with Gasteiger partial charge in [-0.05, 0) is 60.1 Å². The van der Waals surface area contributed by atoms with Gasteiger partial charge in [0, 0.05) is 5.41 Å². The molecule has 1 aliphatic rings. The summed E-state index contributed by atoms with van der Waals surface area (Å²) in [5.41, 5.74) is 9.11. The van der Waals surface area contributed by atoms with E-state index in [9.17, 15) is 0 Å². The van der Waals surface area contributed by atoms with Crippen LogP contribution in [0.3, 0.4) is 0 Å². The lowest BCUT2D eigenvalue weighted by Gasteiger charge is -2.29. The van der Waals surface area contributed by atoms with Crippen molar-refractivity contribution >= 4 is 0 Å². The summed E-state index contributed by atoms with van der Waals surface area (Å²) in [6.45, 7) is 9.14. The van der Waals surface area contributed by atoms with Gasteiger partial charge in [0.15, 0.2) is 0 Å². The molecule has 0 heterocycles. The van der Waals surface area contributed by atoms with Gasteiger partial charge in [0.25, 0.3) is 0 Å². The van der Waals surface area contributed by atoms with Crippen LogP contribution in [0.25, 0.3) is 11.1 Å². The van der Waals surface area contributed by atoms with Gasteiger partial charge in [-0.15, -0.1) is 0 Å². The molecule has 98 valence electrons. The summed E-state index contributed by atoms with van der Waals surface area (Å²) in [5, 5.41) is 0. The number of rotatable bonds is 2. The summed E-state index contributed by atoms with van der Waals surface area (Å²) in [5.74, 6) is 0. The van der Waals surface area contributed by atoms with Gasteiger partial charge in [0.2, 0.25) is 0 Å². The van der Waals surface area contributed by atoms with E-state index in [0.717, 1.165) is 0 Å². The molecule has 0 fully saturated rings. The Morgan fingerprint density at radius 2 is 1.53 bits per heavy atom. The Hall–Kier alpha value is -1.56. The molecule has 0 atom stereocenters. The summed E-state index contributed by atoms with van der Waals surface area (Å²) in [7, 11) is 0. The normalized spacial score (nSPS) is 15.2. The van der Waals surface area contributed by atoms with Crippen molar-refractivity contribution in [3.05, 3.63) is 58.7 Å². The van der Waals surface area contributed by atoms with Crippen LogP contribution >= 0.6 is 0 Å². The average Bonchev–Trinajstić information content (AvgIpc) is 2.74. The van der Waals surface area contributed by atoms with Gasteiger partial charge in [-0.2, -0.15) is 0 Å². The summed E-state index contributed by atoms with van der Waals surface area (Å²) < 4.78 is 0. The van der Waals surface area contributed by atoms with Crippen molar-refractivity contribution in [2.75, 3.05) is 0 Å². The average molecular weight is 250 g/mol. The first-order chi connectivity index (χ1) is 9.15. The zero-order valence-corrected chi connectivity index (χ0v) is 12.4. The Balaban J connectivity index is 2.44. The molecule has 19 heavy (non-hydrogen) atoms. The zero-order chi connectivity index (χ0) is 13.6. The highest BCUT2D eigenvalue weighted by Crippen LogP contribution is 2.53. The van der Waals surface area contributed by atoms with Crippen molar-refractivity contribution in [1.82, 2.24) is 0 Å². The molecule has 0 aromatic heterocycles. The molecular formula is C19H22. The monoisotopic (exact) mass is 250 g/mol. The van der Waals surface area contributed by atoms with Gasteiger partial charge in [0.1, 0.15) is 0 Å². The van der Waals surface area contributed by atoms with Gasteiger partial charge in [-0.3, -0.25) is 0 Å². The zero-order valence-electron chi connectivity index (χ0n) is 12.4. The number of hydrogen-bond acceptors (Lipinski definition) is 0. The van der Waals surface area contributed by atoms with Gasteiger partial charge < -0.3 is 0 Å². The van der Waals surface area contributed by atoms with E-state index in [1.807, 2.05) is 0 Å². The molecule has 0 bridgehead atoms. The van der Waals surface area contributed by atoms with E-state index in [1.54, 1.807) is 5.56 Å². The molecule has 0 aliphatic heterocycles. The SMILES string of the molecule is CCC1(CC)c2ccccc2-c2c1ccc(C)c2C. The minimum absolute atomic E-state index is 0.227. The maximum Gasteiger partial charge on any atom is 0.0210 e. The van der Waals surface area contributed by atoms with Crippen molar-refractivity contribution in [1.29, 1.82) is 0 Å². The molecule has 0 heteroatoms. The van der Waals surface area contributed by atoms with E-state index in [-0.39, 0.29) is 5.41 Å². The lowest BCUT2D eigenvalue weighted by Crippen LogP contribution is -2.23. The topological polar surface area (TPSA) is 0 Å². The van der Waals surface area contributed by atoms with Crippen LogP contribution in [0.4, 0.5) is 0 Å². The minimum Gasteiger partial charge on any atom is -0.0642 e. The van der Waals surface area contributed by atoms with Crippen molar-refractivity contribution in [2.45, 2.75) is 46.0 Å². The highest BCUT2D eigenvalue weighted by Gasteiger charge is 2.40. The smallest absolute Gasteiger partial charge is 0.0210 e. The molecule has 0 N–H and O–H groups in total. The third-order valence-corrected chi connectivity index (χ3v) is 5.17. The minimum atomic E-state index is 0.227. The first-order valence-electron chi connectivity index (χ1n) is 7.36. The number of fused-ring (bicyclic) bond motifs is 3. The van der Waals surface area contributed by atoms with Gasteiger partial charge >= 0.3 is 0 Å². The molecule has 0 nitrogen and oxygen atoms in total. The summed E-state index contributed by atoms with van der Waals surface area (Å²) in [6.07, 6.45) is 2.35.